The normalized spacial score (nSPS) is 12.5. The van der Waals surface area contributed by atoms with Crippen LogP contribution in [-0.4, -0.2) is 17.6 Å². The van der Waals surface area contributed by atoms with E-state index in [4.69, 9.17) is 27.3 Å². The predicted octanol–water partition coefficient (Wildman–Crippen LogP) is 4.56. The molecule has 0 bridgehead atoms. The van der Waals surface area contributed by atoms with E-state index in [2.05, 4.69) is 21.1 Å². The topological polar surface area (TPSA) is 67.8 Å². The predicted molar refractivity (Wildman–Crippen MR) is 85.6 cm³/mol. The molecule has 0 aliphatic heterocycles. The van der Waals surface area contributed by atoms with Crippen molar-refractivity contribution in [2.75, 3.05) is 6.61 Å². The van der Waals surface area contributed by atoms with Gasteiger partial charge in [-0.15, -0.1) is 0 Å². The zero-order valence-electron chi connectivity index (χ0n) is 12.0. The Kier molecular flexibility index (Phi) is 6.74. The molecular formula is C14H19BrClFN2O2. The first-order valence-electron chi connectivity index (χ1n) is 6.53. The highest BCUT2D eigenvalue weighted by molar-refractivity contribution is 9.10. The Morgan fingerprint density at radius 3 is 2.76 bits per heavy atom. The van der Waals surface area contributed by atoms with E-state index < -0.39 is 5.82 Å². The Morgan fingerprint density at radius 1 is 1.48 bits per heavy atom. The van der Waals surface area contributed by atoms with Crippen molar-refractivity contribution >= 4 is 33.4 Å². The van der Waals surface area contributed by atoms with E-state index in [-0.39, 0.29) is 16.3 Å². The van der Waals surface area contributed by atoms with Gasteiger partial charge in [0, 0.05) is 11.5 Å². The number of rotatable bonds is 7. The summed E-state index contributed by atoms with van der Waals surface area (Å²) < 4.78 is 19.5. The average molecular weight is 382 g/mol. The maximum Gasteiger partial charge on any atom is 0.145 e. The molecule has 0 fully saturated rings. The van der Waals surface area contributed by atoms with Crippen molar-refractivity contribution in [3.05, 3.63) is 27.4 Å². The van der Waals surface area contributed by atoms with Gasteiger partial charge in [0.25, 0.3) is 0 Å². The third-order valence-electron chi connectivity index (χ3n) is 3.23. The van der Waals surface area contributed by atoms with Crippen LogP contribution in [0.1, 0.15) is 33.1 Å². The van der Waals surface area contributed by atoms with E-state index in [9.17, 15) is 4.39 Å². The van der Waals surface area contributed by atoms with Crippen LogP contribution < -0.4 is 10.5 Å². The molecule has 0 atom stereocenters. The van der Waals surface area contributed by atoms with Crippen LogP contribution in [0.2, 0.25) is 5.02 Å². The molecule has 1 aromatic rings. The fourth-order valence-electron chi connectivity index (χ4n) is 1.73. The molecular weight excluding hydrogens is 363 g/mol. The molecule has 0 aromatic heterocycles. The lowest BCUT2D eigenvalue weighted by Crippen LogP contribution is -2.31. The quantitative estimate of drug-likeness (QED) is 0.182. The summed E-state index contributed by atoms with van der Waals surface area (Å²) >= 11 is 8.93. The molecule has 4 nitrogen and oxygen atoms in total. The van der Waals surface area contributed by atoms with Crippen LogP contribution in [0.3, 0.4) is 0 Å². The number of hydrogen-bond donors (Lipinski definition) is 2. The van der Waals surface area contributed by atoms with Gasteiger partial charge in [-0.3, -0.25) is 0 Å². The van der Waals surface area contributed by atoms with Crippen molar-refractivity contribution in [3.8, 4) is 5.75 Å². The van der Waals surface area contributed by atoms with Gasteiger partial charge in [-0.1, -0.05) is 30.6 Å². The van der Waals surface area contributed by atoms with Gasteiger partial charge >= 0.3 is 0 Å². The minimum atomic E-state index is -0.511. The summed E-state index contributed by atoms with van der Waals surface area (Å²) in [5, 5.41) is 11.8. The van der Waals surface area contributed by atoms with Crippen molar-refractivity contribution in [3.63, 3.8) is 0 Å². The van der Waals surface area contributed by atoms with Gasteiger partial charge in [-0.2, -0.15) is 0 Å². The fraction of sp³-hybridized carbons (Fsp3) is 0.500. The molecule has 0 saturated carbocycles. The standard InChI is InChI=1S/C14H19BrClFN2O2/c1-14(2,13(18)19-20)5-3-4-6-21-12-8-11(17)10(16)7-9(12)15/h7-8,20H,3-6H2,1-2H3,(H2,18,19). The van der Waals surface area contributed by atoms with Crippen molar-refractivity contribution in [2.45, 2.75) is 33.1 Å². The zero-order chi connectivity index (χ0) is 16.0. The number of oxime groups is 1. The summed E-state index contributed by atoms with van der Waals surface area (Å²) in [7, 11) is 0. The molecule has 0 spiro atoms. The van der Waals surface area contributed by atoms with Crippen LogP contribution >= 0.6 is 27.5 Å². The Morgan fingerprint density at radius 2 is 2.14 bits per heavy atom. The number of unbranched alkanes of at least 4 members (excludes halogenated alkanes) is 1. The van der Waals surface area contributed by atoms with Crippen molar-refractivity contribution in [1.82, 2.24) is 0 Å². The smallest absolute Gasteiger partial charge is 0.145 e. The van der Waals surface area contributed by atoms with Gasteiger partial charge in [0.2, 0.25) is 0 Å². The van der Waals surface area contributed by atoms with Gasteiger partial charge in [0.15, 0.2) is 0 Å². The van der Waals surface area contributed by atoms with Crippen molar-refractivity contribution in [1.29, 1.82) is 0 Å². The van der Waals surface area contributed by atoms with Gasteiger partial charge in [-0.05, 0) is 41.3 Å². The van der Waals surface area contributed by atoms with Gasteiger partial charge in [-0.25, -0.2) is 4.39 Å². The Hall–Kier alpha value is -1.01. The molecule has 3 N–H and O–H groups in total. The molecule has 0 heterocycles. The summed E-state index contributed by atoms with van der Waals surface area (Å²) in [6.07, 6.45) is 2.39. The number of nitrogens with two attached hydrogens (primary N) is 1. The summed E-state index contributed by atoms with van der Waals surface area (Å²) in [4.78, 5) is 0. The van der Waals surface area contributed by atoms with Gasteiger partial charge in [0.1, 0.15) is 17.4 Å². The zero-order valence-corrected chi connectivity index (χ0v) is 14.3. The van der Waals surface area contributed by atoms with Crippen molar-refractivity contribution < 1.29 is 14.3 Å². The minimum absolute atomic E-state index is 0.0507. The second-order valence-electron chi connectivity index (χ2n) is 5.37. The van der Waals surface area contributed by atoms with Crippen LogP contribution in [0.25, 0.3) is 0 Å². The lowest BCUT2D eigenvalue weighted by Gasteiger charge is -2.22. The number of benzene rings is 1. The second kappa shape index (κ2) is 7.84. The van der Waals surface area contributed by atoms with E-state index in [1.807, 2.05) is 13.8 Å². The molecule has 0 amide bonds. The maximum atomic E-state index is 13.3. The van der Waals surface area contributed by atoms with Crippen LogP contribution in [0.4, 0.5) is 4.39 Å². The summed E-state index contributed by atoms with van der Waals surface area (Å²) in [6, 6.07) is 2.72. The number of amidine groups is 1. The molecule has 1 aromatic carbocycles. The van der Waals surface area contributed by atoms with Crippen LogP contribution in [-0.2, 0) is 0 Å². The first kappa shape index (κ1) is 18.0. The SMILES string of the molecule is CC(C)(CCCCOc1cc(F)c(Cl)cc1Br)/C(N)=N/O. The highest BCUT2D eigenvalue weighted by atomic mass is 79.9. The summed E-state index contributed by atoms with van der Waals surface area (Å²) in [5.41, 5.74) is 5.26. The molecule has 0 unspecified atom stereocenters. The molecule has 21 heavy (non-hydrogen) atoms. The fourth-order valence-corrected chi connectivity index (χ4v) is 2.48. The Bertz CT molecular complexity index is 524. The number of ether oxygens (including phenoxy) is 1. The molecule has 0 aliphatic carbocycles. The third kappa shape index (κ3) is 5.36. The van der Waals surface area contributed by atoms with Gasteiger partial charge < -0.3 is 15.7 Å². The number of halogens is 3. The highest BCUT2D eigenvalue weighted by Crippen LogP contribution is 2.31. The average Bonchev–Trinajstić information content (AvgIpc) is 2.42. The van der Waals surface area contributed by atoms with E-state index in [1.165, 1.54) is 12.1 Å². The molecule has 0 saturated heterocycles. The molecule has 118 valence electrons. The summed E-state index contributed by atoms with van der Waals surface area (Å²) in [6.45, 7) is 4.27. The lowest BCUT2D eigenvalue weighted by molar-refractivity contribution is 0.286. The largest absolute Gasteiger partial charge is 0.492 e. The highest BCUT2D eigenvalue weighted by Gasteiger charge is 2.22. The van der Waals surface area contributed by atoms with Crippen molar-refractivity contribution in [2.24, 2.45) is 16.3 Å². The minimum Gasteiger partial charge on any atom is -0.492 e. The Balaban J connectivity index is 2.40. The van der Waals surface area contributed by atoms with E-state index in [0.29, 0.717) is 16.8 Å². The van der Waals surface area contributed by atoms with Crippen LogP contribution in [0.15, 0.2) is 21.8 Å². The first-order valence-corrected chi connectivity index (χ1v) is 7.70. The lowest BCUT2D eigenvalue weighted by atomic mass is 9.86. The first-order chi connectivity index (χ1) is 9.77. The molecule has 7 heteroatoms. The summed E-state index contributed by atoms with van der Waals surface area (Å²) in [5.74, 6) is 0.126. The number of nitrogens with zero attached hydrogens (tertiary/aromatic N) is 1. The van der Waals surface area contributed by atoms with E-state index >= 15 is 0 Å². The van der Waals surface area contributed by atoms with Crippen LogP contribution in [0, 0.1) is 11.2 Å². The third-order valence-corrected chi connectivity index (χ3v) is 4.14. The van der Waals surface area contributed by atoms with Crippen LogP contribution in [0.5, 0.6) is 5.75 Å². The maximum absolute atomic E-state index is 13.3. The monoisotopic (exact) mass is 380 g/mol. The Labute approximate surface area is 137 Å². The van der Waals surface area contributed by atoms with Gasteiger partial charge in [0.05, 0.1) is 16.1 Å². The molecule has 1 rings (SSSR count). The number of hydrogen-bond acceptors (Lipinski definition) is 3. The van der Waals surface area contributed by atoms with E-state index in [0.717, 1.165) is 19.3 Å². The second-order valence-corrected chi connectivity index (χ2v) is 6.63. The molecule has 0 radical (unpaired) electrons. The molecule has 0 aliphatic rings. The van der Waals surface area contributed by atoms with E-state index in [1.54, 1.807) is 0 Å².